The minimum atomic E-state index is -0.234. The average Bonchev–Trinajstić information content (AvgIpc) is 2.95. The maximum absolute atomic E-state index is 11.8. The zero-order valence-electron chi connectivity index (χ0n) is 12.8. The summed E-state index contributed by atoms with van der Waals surface area (Å²) >= 11 is 0. The molecule has 2 heterocycles. The monoisotopic (exact) mass is 295 g/mol. The molecule has 0 saturated carbocycles. The van der Waals surface area contributed by atoms with Gasteiger partial charge < -0.3 is 5.73 Å². The lowest BCUT2D eigenvalue weighted by Crippen LogP contribution is -2.29. The Morgan fingerprint density at radius 1 is 1.23 bits per heavy atom. The van der Waals surface area contributed by atoms with Gasteiger partial charge in [0.15, 0.2) is 0 Å². The SMILES string of the molecule is Cc1ccc(CN2CC(C(N)=O)C(c3ccccn3)C2)cc1. The summed E-state index contributed by atoms with van der Waals surface area (Å²) in [5, 5.41) is 0. The van der Waals surface area contributed by atoms with Crippen molar-refractivity contribution in [3.05, 3.63) is 65.5 Å². The fourth-order valence-corrected chi connectivity index (χ4v) is 3.15. The number of pyridine rings is 1. The maximum atomic E-state index is 11.8. The van der Waals surface area contributed by atoms with Crippen molar-refractivity contribution in [3.63, 3.8) is 0 Å². The van der Waals surface area contributed by atoms with Crippen LogP contribution in [0.3, 0.4) is 0 Å². The van der Waals surface area contributed by atoms with Crippen LogP contribution in [0.4, 0.5) is 0 Å². The van der Waals surface area contributed by atoms with E-state index in [9.17, 15) is 4.79 Å². The minimum Gasteiger partial charge on any atom is -0.369 e. The van der Waals surface area contributed by atoms with Gasteiger partial charge in [-0.15, -0.1) is 0 Å². The number of primary amides is 1. The fraction of sp³-hybridized carbons (Fsp3) is 0.333. The Balaban J connectivity index is 1.76. The number of rotatable bonds is 4. The Kier molecular flexibility index (Phi) is 4.20. The molecule has 1 amide bonds. The first-order chi connectivity index (χ1) is 10.6. The molecule has 114 valence electrons. The van der Waals surface area contributed by atoms with Gasteiger partial charge in [0.1, 0.15) is 0 Å². The van der Waals surface area contributed by atoms with Crippen molar-refractivity contribution in [3.8, 4) is 0 Å². The minimum absolute atomic E-state index is 0.0872. The van der Waals surface area contributed by atoms with Crippen LogP contribution in [0.1, 0.15) is 22.7 Å². The lowest BCUT2D eigenvalue weighted by Gasteiger charge is -2.16. The number of likely N-dealkylation sites (tertiary alicyclic amines) is 1. The van der Waals surface area contributed by atoms with Gasteiger partial charge in [-0.1, -0.05) is 35.9 Å². The van der Waals surface area contributed by atoms with Crippen molar-refractivity contribution in [1.29, 1.82) is 0 Å². The second-order valence-electron chi connectivity index (χ2n) is 6.05. The third-order valence-electron chi connectivity index (χ3n) is 4.36. The maximum Gasteiger partial charge on any atom is 0.222 e. The molecular weight excluding hydrogens is 274 g/mol. The summed E-state index contributed by atoms with van der Waals surface area (Å²) in [5.74, 6) is -0.313. The Morgan fingerprint density at radius 3 is 2.64 bits per heavy atom. The molecule has 1 aliphatic heterocycles. The molecule has 0 bridgehead atoms. The molecule has 2 unspecified atom stereocenters. The molecule has 1 aliphatic rings. The topological polar surface area (TPSA) is 59.2 Å². The van der Waals surface area contributed by atoms with Gasteiger partial charge in [-0.05, 0) is 24.6 Å². The first-order valence-electron chi connectivity index (χ1n) is 7.61. The molecule has 3 rings (SSSR count). The number of aryl methyl sites for hydroxylation is 1. The number of hydrogen-bond acceptors (Lipinski definition) is 3. The molecule has 2 aromatic rings. The van der Waals surface area contributed by atoms with Gasteiger partial charge in [-0.3, -0.25) is 14.7 Å². The highest BCUT2D eigenvalue weighted by Crippen LogP contribution is 2.32. The summed E-state index contributed by atoms with van der Waals surface area (Å²) in [7, 11) is 0. The van der Waals surface area contributed by atoms with Crippen LogP contribution in [0.15, 0.2) is 48.7 Å². The average molecular weight is 295 g/mol. The molecule has 2 N–H and O–H groups in total. The second kappa shape index (κ2) is 6.28. The van der Waals surface area contributed by atoms with E-state index < -0.39 is 0 Å². The second-order valence-corrected chi connectivity index (χ2v) is 6.05. The molecule has 1 aromatic carbocycles. The molecule has 4 nitrogen and oxygen atoms in total. The van der Waals surface area contributed by atoms with Crippen LogP contribution in [0, 0.1) is 12.8 Å². The van der Waals surface area contributed by atoms with Crippen LogP contribution < -0.4 is 5.73 Å². The summed E-state index contributed by atoms with van der Waals surface area (Å²) in [4.78, 5) is 18.5. The van der Waals surface area contributed by atoms with Crippen molar-refractivity contribution in [2.45, 2.75) is 19.4 Å². The zero-order valence-corrected chi connectivity index (χ0v) is 12.8. The predicted octanol–water partition coefficient (Wildman–Crippen LogP) is 2.09. The summed E-state index contributed by atoms with van der Waals surface area (Å²) in [6.45, 7) is 4.44. The first kappa shape index (κ1) is 14.7. The quantitative estimate of drug-likeness (QED) is 0.939. The van der Waals surface area contributed by atoms with E-state index in [-0.39, 0.29) is 17.7 Å². The summed E-state index contributed by atoms with van der Waals surface area (Å²) in [6.07, 6.45) is 1.77. The molecule has 0 aliphatic carbocycles. The molecule has 4 heteroatoms. The third kappa shape index (κ3) is 3.17. The largest absolute Gasteiger partial charge is 0.369 e. The van der Waals surface area contributed by atoms with E-state index >= 15 is 0 Å². The van der Waals surface area contributed by atoms with Gasteiger partial charge in [-0.2, -0.15) is 0 Å². The summed E-state index contributed by atoms with van der Waals surface area (Å²) < 4.78 is 0. The zero-order chi connectivity index (χ0) is 15.5. The van der Waals surface area contributed by atoms with Gasteiger partial charge in [0.25, 0.3) is 0 Å². The molecule has 0 spiro atoms. The molecule has 1 fully saturated rings. The Morgan fingerprint density at radius 2 is 2.00 bits per heavy atom. The number of nitrogens with two attached hydrogens (primary N) is 1. The van der Waals surface area contributed by atoms with Crippen LogP contribution in [0.25, 0.3) is 0 Å². The van der Waals surface area contributed by atoms with E-state index in [4.69, 9.17) is 5.73 Å². The number of amides is 1. The van der Waals surface area contributed by atoms with Gasteiger partial charge >= 0.3 is 0 Å². The van der Waals surface area contributed by atoms with Gasteiger partial charge in [0.2, 0.25) is 5.91 Å². The molecule has 1 saturated heterocycles. The number of carbonyl (C=O) groups is 1. The van der Waals surface area contributed by atoms with Crippen molar-refractivity contribution >= 4 is 5.91 Å². The van der Waals surface area contributed by atoms with Crippen molar-refractivity contribution in [1.82, 2.24) is 9.88 Å². The number of nitrogens with zero attached hydrogens (tertiary/aromatic N) is 2. The van der Waals surface area contributed by atoms with Gasteiger partial charge in [-0.25, -0.2) is 0 Å². The number of aromatic nitrogens is 1. The van der Waals surface area contributed by atoms with Crippen molar-refractivity contribution in [2.75, 3.05) is 13.1 Å². The van der Waals surface area contributed by atoms with E-state index in [0.717, 1.165) is 18.8 Å². The Hall–Kier alpha value is -2.20. The Bertz CT molecular complexity index is 639. The van der Waals surface area contributed by atoms with Crippen LogP contribution in [0.5, 0.6) is 0 Å². The summed E-state index contributed by atoms with van der Waals surface area (Å²) in [6, 6.07) is 14.4. The van der Waals surface area contributed by atoms with Crippen LogP contribution in [0.2, 0.25) is 0 Å². The lowest BCUT2D eigenvalue weighted by atomic mass is 9.92. The fourth-order valence-electron chi connectivity index (χ4n) is 3.15. The Labute approximate surface area is 131 Å². The highest BCUT2D eigenvalue weighted by molar-refractivity contribution is 5.78. The number of hydrogen-bond donors (Lipinski definition) is 1. The predicted molar refractivity (Wildman–Crippen MR) is 86.1 cm³/mol. The van der Waals surface area contributed by atoms with Crippen LogP contribution in [-0.2, 0) is 11.3 Å². The third-order valence-corrected chi connectivity index (χ3v) is 4.36. The summed E-state index contributed by atoms with van der Waals surface area (Å²) in [5.41, 5.74) is 9.08. The van der Waals surface area contributed by atoms with E-state index in [2.05, 4.69) is 41.1 Å². The van der Waals surface area contributed by atoms with Gasteiger partial charge in [0.05, 0.1) is 5.92 Å². The highest BCUT2D eigenvalue weighted by atomic mass is 16.1. The standard InChI is InChI=1S/C18H21N3O/c1-13-5-7-14(8-6-13)10-21-11-15(16(12-21)18(19)22)17-4-2-3-9-20-17/h2-9,15-16H,10-12H2,1H3,(H2,19,22). The van der Waals surface area contributed by atoms with E-state index in [0.29, 0.717) is 6.54 Å². The van der Waals surface area contributed by atoms with Crippen LogP contribution in [-0.4, -0.2) is 28.9 Å². The normalized spacial score (nSPS) is 21.9. The smallest absolute Gasteiger partial charge is 0.222 e. The van der Waals surface area contributed by atoms with E-state index in [1.807, 2.05) is 18.2 Å². The van der Waals surface area contributed by atoms with E-state index in [1.165, 1.54) is 11.1 Å². The molecule has 0 radical (unpaired) electrons. The number of benzene rings is 1. The lowest BCUT2D eigenvalue weighted by molar-refractivity contribution is -0.121. The molecular formula is C18H21N3O. The number of carbonyl (C=O) groups excluding carboxylic acids is 1. The van der Waals surface area contributed by atoms with Gasteiger partial charge in [0, 0.05) is 37.4 Å². The van der Waals surface area contributed by atoms with Crippen molar-refractivity contribution < 1.29 is 4.79 Å². The van der Waals surface area contributed by atoms with Crippen molar-refractivity contribution in [2.24, 2.45) is 11.7 Å². The first-order valence-corrected chi connectivity index (χ1v) is 7.61. The molecule has 1 aromatic heterocycles. The highest BCUT2D eigenvalue weighted by Gasteiger charge is 2.37. The molecule has 22 heavy (non-hydrogen) atoms. The van der Waals surface area contributed by atoms with Crippen LogP contribution >= 0.6 is 0 Å². The van der Waals surface area contributed by atoms with E-state index in [1.54, 1.807) is 6.20 Å². The molecule has 2 atom stereocenters.